The number of halogens is 2. The summed E-state index contributed by atoms with van der Waals surface area (Å²) in [4.78, 5) is 14.8. The molecule has 1 heterocycles. The predicted octanol–water partition coefficient (Wildman–Crippen LogP) is 4.09. The molecule has 134 valence electrons. The van der Waals surface area contributed by atoms with Crippen molar-refractivity contribution >= 4 is 11.8 Å². The summed E-state index contributed by atoms with van der Waals surface area (Å²) >= 11 is 0. The maximum atomic E-state index is 14.2. The molecule has 1 aromatic heterocycles. The molecule has 0 aliphatic rings. The number of aliphatic carboxylic acids is 1. The fourth-order valence-electron chi connectivity index (χ4n) is 2.21. The fourth-order valence-corrected chi connectivity index (χ4v) is 2.21. The molecule has 0 saturated heterocycles. The maximum Gasteiger partial charge on any atom is 0.303 e. The molecule has 2 N–H and O–H groups in total. The predicted molar refractivity (Wildman–Crippen MR) is 90.7 cm³/mol. The first-order valence-corrected chi connectivity index (χ1v) is 7.94. The van der Waals surface area contributed by atoms with Gasteiger partial charge in [-0.3, -0.25) is 4.79 Å². The third kappa shape index (κ3) is 5.41. The monoisotopic (exact) mass is 350 g/mol. The van der Waals surface area contributed by atoms with Crippen LogP contribution in [0.15, 0.2) is 30.3 Å². The van der Waals surface area contributed by atoms with Gasteiger partial charge in [-0.1, -0.05) is 6.07 Å². The minimum Gasteiger partial charge on any atom is -0.488 e. The number of pyridine rings is 1. The first-order valence-electron chi connectivity index (χ1n) is 7.94. The highest BCUT2D eigenvalue weighted by Crippen LogP contribution is 2.29. The number of hydrogen-bond acceptors (Lipinski definition) is 4. The van der Waals surface area contributed by atoms with Crippen molar-refractivity contribution in [1.29, 1.82) is 0 Å². The lowest BCUT2D eigenvalue weighted by Gasteiger charge is -2.12. The van der Waals surface area contributed by atoms with Crippen LogP contribution in [0, 0.1) is 11.6 Å². The molecule has 2 rings (SSSR count). The number of nitrogens with one attached hydrogen (secondary N) is 1. The molecule has 2 aromatic rings. The van der Waals surface area contributed by atoms with Crippen molar-refractivity contribution in [2.24, 2.45) is 0 Å². The molecule has 0 atom stereocenters. The summed E-state index contributed by atoms with van der Waals surface area (Å²) in [5.74, 6) is -2.59. The number of ether oxygens (including phenoxy) is 1. The lowest BCUT2D eigenvalue weighted by Crippen LogP contribution is -2.11. The topological polar surface area (TPSA) is 71.5 Å². The summed E-state index contributed by atoms with van der Waals surface area (Å²) in [5, 5.41) is 11.7. The Morgan fingerprint density at radius 1 is 1.28 bits per heavy atom. The lowest BCUT2D eigenvalue weighted by atomic mass is 10.1. The SMILES string of the molecule is CC(C)Nc1cccc(-c2cc(F)c(OCCCC(=O)O)c(F)c2)n1. The summed E-state index contributed by atoms with van der Waals surface area (Å²) < 4.78 is 33.4. The van der Waals surface area contributed by atoms with Crippen molar-refractivity contribution in [2.75, 3.05) is 11.9 Å². The van der Waals surface area contributed by atoms with E-state index in [0.29, 0.717) is 17.1 Å². The molecule has 0 unspecified atom stereocenters. The molecule has 0 spiro atoms. The van der Waals surface area contributed by atoms with Crippen molar-refractivity contribution in [3.8, 4) is 17.0 Å². The molecule has 0 fully saturated rings. The number of aromatic nitrogens is 1. The molecule has 0 bridgehead atoms. The van der Waals surface area contributed by atoms with Gasteiger partial charge in [0.25, 0.3) is 0 Å². The highest BCUT2D eigenvalue weighted by molar-refractivity contribution is 5.66. The Morgan fingerprint density at radius 3 is 2.56 bits per heavy atom. The summed E-state index contributed by atoms with van der Waals surface area (Å²) in [6, 6.07) is 7.66. The molecule has 25 heavy (non-hydrogen) atoms. The molecule has 7 heteroatoms. The van der Waals surface area contributed by atoms with Gasteiger partial charge in [-0.25, -0.2) is 13.8 Å². The van der Waals surface area contributed by atoms with E-state index < -0.39 is 23.4 Å². The summed E-state index contributed by atoms with van der Waals surface area (Å²) in [7, 11) is 0. The zero-order valence-corrected chi connectivity index (χ0v) is 14.1. The van der Waals surface area contributed by atoms with Crippen molar-refractivity contribution in [3.63, 3.8) is 0 Å². The fraction of sp³-hybridized carbons (Fsp3) is 0.333. The first kappa shape index (κ1) is 18.6. The van der Waals surface area contributed by atoms with Crippen LogP contribution in [0.25, 0.3) is 11.3 Å². The molecule has 0 aliphatic heterocycles. The Labute approximate surface area is 144 Å². The largest absolute Gasteiger partial charge is 0.488 e. The van der Waals surface area contributed by atoms with Gasteiger partial charge in [-0.2, -0.15) is 0 Å². The Bertz CT molecular complexity index is 728. The van der Waals surface area contributed by atoms with Crippen molar-refractivity contribution in [2.45, 2.75) is 32.7 Å². The minimum atomic E-state index is -0.985. The Morgan fingerprint density at radius 2 is 1.96 bits per heavy atom. The quantitative estimate of drug-likeness (QED) is 0.702. The van der Waals surface area contributed by atoms with Crippen molar-refractivity contribution in [3.05, 3.63) is 42.0 Å². The van der Waals surface area contributed by atoms with E-state index in [1.165, 1.54) is 0 Å². The Kier molecular flexibility index (Phi) is 6.27. The van der Waals surface area contributed by atoms with E-state index in [1.54, 1.807) is 18.2 Å². The molecular weight excluding hydrogens is 330 g/mol. The van der Waals surface area contributed by atoms with Crippen LogP contribution in [-0.2, 0) is 4.79 Å². The number of benzene rings is 1. The van der Waals surface area contributed by atoms with Gasteiger partial charge in [-0.15, -0.1) is 0 Å². The van der Waals surface area contributed by atoms with Gasteiger partial charge in [0.15, 0.2) is 17.4 Å². The smallest absolute Gasteiger partial charge is 0.303 e. The first-order chi connectivity index (χ1) is 11.9. The van der Waals surface area contributed by atoms with Gasteiger partial charge in [-0.05, 0) is 44.5 Å². The Balaban J connectivity index is 2.17. The van der Waals surface area contributed by atoms with E-state index >= 15 is 0 Å². The van der Waals surface area contributed by atoms with E-state index in [4.69, 9.17) is 9.84 Å². The van der Waals surface area contributed by atoms with Crippen LogP contribution in [0.3, 0.4) is 0 Å². The van der Waals surface area contributed by atoms with E-state index in [-0.39, 0.29) is 25.5 Å². The zero-order valence-electron chi connectivity index (χ0n) is 14.1. The van der Waals surface area contributed by atoms with Crippen LogP contribution in [0.2, 0.25) is 0 Å². The molecule has 0 saturated carbocycles. The number of carbonyl (C=O) groups is 1. The number of anilines is 1. The molecular formula is C18H20F2N2O3. The summed E-state index contributed by atoms with van der Waals surface area (Å²) in [5.41, 5.74) is 0.723. The van der Waals surface area contributed by atoms with Crippen molar-refractivity contribution in [1.82, 2.24) is 4.98 Å². The molecule has 1 aromatic carbocycles. The van der Waals surface area contributed by atoms with Crippen LogP contribution >= 0.6 is 0 Å². The van der Waals surface area contributed by atoms with Crippen LogP contribution in [0.5, 0.6) is 5.75 Å². The number of hydrogen-bond donors (Lipinski definition) is 2. The number of carboxylic acid groups (broad SMARTS) is 1. The molecule has 0 radical (unpaired) electrons. The summed E-state index contributed by atoms with van der Waals surface area (Å²) in [6.07, 6.45) is 0.0430. The van der Waals surface area contributed by atoms with E-state index in [0.717, 1.165) is 12.1 Å². The van der Waals surface area contributed by atoms with Crippen LogP contribution < -0.4 is 10.1 Å². The second-order valence-corrected chi connectivity index (χ2v) is 5.82. The van der Waals surface area contributed by atoms with Gasteiger partial charge in [0.05, 0.1) is 12.3 Å². The van der Waals surface area contributed by atoms with Gasteiger partial charge in [0, 0.05) is 18.0 Å². The van der Waals surface area contributed by atoms with Crippen LogP contribution in [0.1, 0.15) is 26.7 Å². The number of carboxylic acids is 1. The average Bonchev–Trinajstić information content (AvgIpc) is 2.52. The lowest BCUT2D eigenvalue weighted by molar-refractivity contribution is -0.137. The molecule has 5 nitrogen and oxygen atoms in total. The Hall–Kier alpha value is -2.70. The van der Waals surface area contributed by atoms with Crippen LogP contribution in [0.4, 0.5) is 14.6 Å². The molecule has 0 amide bonds. The summed E-state index contributed by atoms with van der Waals surface area (Å²) in [6.45, 7) is 3.85. The third-order valence-corrected chi connectivity index (χ3v) is 3.26. The number of rotatable bonds is 8. The van der Waals surface area contributed by atoms with Crippen LogP contribution in [-0.4, -0.2) is 28.7 Å². The van der Waals surface area contributed by atoms with E-state index in [2.05, 4.69) is 10.3 Å². The normalized spacial score (nSPS) is 10.8. The average molecular weight is 350 g/mol. The van der Waals surface area contributed by atoms with E-state index in [9.17, 15) is 13.6 Å². The molecule has 0 aliphatic carbocycles. The van der Waals surface area contributed by atoms with Gasteiger partial charge < -0.3 is 15.2 Å². The van der Waals surface area contributed by atoms with Crippen molar-refractivity contribution < 1.29 is 23.4 Å². The zero-order chi connectivity index (χ0) is 18.4. The second-order valence-electron chi connectivity index (χ2n) is 5.82. The van der Waals surface area contributed by atoms with E-state index in [1.807, 2.05) is 13.8 Å². The second kappa shape index (κ2) is 8.41. The highest BCUT2D eigenvalue weighted by atomic mass is 19.1. The number of nitrogens with zero attached hydrogens (tertiary/aromatic N) is 1. The highest BCUT2D eigenvalue weighted by Gasteiger charge is 2.15. The third-order valence-electron chi connectivity index (χ3n) is 3.26. The minimum absolute atomic E-state index is 0.0778. The van der Waals surface area contributed by atoms with Gasteiger partial charge in [0.1, 0.15) is 5.82 Å². The van der Waals surface area contributed by atoms with Gasteiger partial charge >= 0.3 is 5.97 Å². The maximum absolute atomic E-state index is 14.2. The van der Waals surface area contributed by atoms with Gasteiger partial charge in [0.2, 0.25) is 0 Å². The standard InChI is InChI=1S/C18H20F2N2O3/c1-11(2)21-16-6-3-5-15(22-16)12-9-13(19)18(14(20)10-12)25-8-4-7-17(23)24/h3,5-6,9-11H,4,7-8H2,1-2H3,(H,21,22)(H,23,24).